The Balaban J connectivity index is 1.97. The van der Waals surface area contributed by atoms with Gasteiger partial charge in [0, 0.05) is 11.8 Å². The van der Waals surface area contributed by atoms with E-state index in [0.29, 0.717) is 22.7 Å². The summed E-state index contributed by atoms with van der Waals surface area (Å²) in [6.45, 7) is 0. The molecule has 0 fully saturated rings. The maximum absolute atomic E-state index is 12.8. The van der Waals surface area contributed by atoms with Crippen molar-refractivity contribution in [1.29, 1.82) is 0 Å². The molecule has 0 aliphatic rings. The molecule has 0 radical (unpaired) electrons. The zero-order chi connectivity index (χ0) is 22.5. The van der Waals surface area contributed by atoms with E-state index in [1.54, 1.807) is 73.1 Å². The van der Waals surface area contributed by atoms with E-state index in [4.69, 9.17) is 14.2 Å². The molecular weight excluding hydrogens is 410 g/mol. The number of rotatable bonds is 6. The van der Waals surface area contributed by atoms with Crippen LogP contribution in [0.1, 0.15) is 20.8 Å². The van der Waals surface area contributed by atoms with Gasteiger partial charge in [-0.1, -0.05) is 30.3 Å². The minimum absolute atomic E-state index is 0.0227. The lowest BCUT2D eigenvalue weighted by Gasteiger charge is -2.10. The Morgan fingerprint density at radius 1 is 0.844 bits per heavy atom. The third-order valence-electron chi connectivity index (χ3n) is 4.66. The van der Waals surface area contributed by atoms with Crippen LogP contribution in [0.25, 0.3) is 16.9 Å². The summed E-state index contributed by atoms with van der Waals surface area (Å²) in [5.74, 6) is -0.507. The lowest BCUT2D eigenvalue weighted by atomic mass is 10.0. The van der Waals surface area contributed by atoms with Crippen LogP contribution in [0.2, 0.25) is 0 Å². The highest BCUT2D eigenvalue weighted by Gasteiger charge is 2.32. The van der Waals surface area contributed by atoms with Gasteiger partial charge in [-0.15, -0.1) is 0 Å². The van der Waals surface area contributed by atoms with Crippen LogP contribution in [0.4, 0.5) is 0 Å². The van der Waals surface area contributed by atoms with E-state index in [0.717, 1.165) is 0 Å². The van der Waals surface area contributed by atoms with Crippen molar-refractivity contribution < 1.29 is 23.8 Å². The summed E-state index contributed by atoms with van der Waals surface area (Å²) in [6, 6.07) is 19.5. The molecule has 0 aliphatic heterocycles. The SMILES string of the molecule is COC(=O)c1c(-c2ccccc2Oc2cccnc2)nn(-c2ccccc2)c1C(=O)OC. The van der Waals surface area contributed by atoms with Crippen LogP contribution in [0.15, 0.2) is 79.1 Å². The van der Waals surface area contributed by atoms with Gasteiger partial charge in [0.2, 0.25) is 0 Å². The van der Waals surface area contributed by atoms with Crippen molar-refractivity contribution in [3.8, 4) is 28.4 Å². The van der Waals surface area contributed by atoms with E-state index >= 15 is 0 Å². The lowest BCUT2D eigenvalue weighted by molar-refractivity contribution is 0.0549. The Bertz CT molecular complexity index is 1250. The van der Waals surface area contributed by atoms with E-state index < -0.39 is 11.9 Å². The van der Waals surface area contributed by atoms with Crippen LogP contribution in [-0.2, 0) is 9.47 Å². The molecule has 160 valence electrons. The summed E-state index contributed by atoms with van der Waals surface area (Å²) in [5.41, 5.74) is 1.23. The number of carbonyl (C=O) groups is 2. The Kier molecular flexibility index (Phi) is 5.94. The number of nitrogens with zero attached hydrogens (tertiary/aromatic N) is 3. The highest BCUT2D eigenvalue weighted by molar-refractivity contribution is 6.07. The van der Waals surface area contributed by atoms with Crippen molar-refractivity contribution in [2.24, 2.45) is 0 Å². The largest absolute Gasteiger partial charge is 0.465 e. The second kappa shape index (κ2) is 9.13. The minimum atomic E-state index is -0.723. The average molecular weight is 429 g/mol. The van der Waals surface area contributed by atoms with Crippen LogP contribution in [0.3, 0.4) is 0 Å². The predicted molar refractivity (Wildman–Crippen MR) is 116 cm³/mol. The van der Waals surface area contributed by atoms with Crippen LogP contribution in [0.5, 0.6) is 11.5 Å². The summed E-state index contributed by atoms with van der Waals surface area (Å²) in [5, 5.41) is 4.61. The number of esters is 2. The smallest absolute Gasteiger partial charge is 0.357 e. The Morgan fingerprint density at radius 3 is 2.25 bits per heavy atom. The summed E-state index contributed by atoms with van der Waals surface area (Å²) < 4.78 is 17.3. The van der Waals surface area contributed by atoms with Gasteiger partial charge in [-0.25, -0.2) is 14.3 Å². The first-order valence-electron chi connectivity index (χ1n) is 9.66. The molecule has 0 spiro atoms. The molecule has 0 aliphatic carbocycles. The Hall–Kier alpha value is -4.46. The fraction of sp³-hybridized carbons (Fsp3) is 0.0833. The standard InChI is InChI=1S/C24H19N3O5/c1-30-23(28)20-21(18-12-6-7-13-19(18)32-17-11-8-14-25-15-17)26-27(22(20)24(29)31-2)16-9-4-3-5-10-16/h3-15H,1-2H3. The van der Waals surface area contributed by atoms with Crippen LogP contribution < -0.4 is 4.74 Å². The molecule has 2 aromatic heterocycles. The zero-order valence-electron chi connectivity index (χ0n) is 17.4. The van der Waals surface area contributed by atoms with E-state index in [2.05, 4.69) is 10.1 Å². The van der Waals surface area contributed by atoms with E-state index in [-0.39, 0.29) is 17.0 Å². The molecular formula is C24H19N3O5. The monoisotopic (exact) mass is 429 g/mol. The number of pyridine rings is 1. The second-order valence-corrected chi connectivity index (χ2v) is 6.59. The van der Waals surface area contributed by atoms with Gasteiger partial charge >= 0.3 is 11.9 Å². The van der Waals surface area contributed by atoms with Crippen molar-refractivity contribution in [2.45, 2.75) is 0 Å². The van der Waals surface area contributed by atoms with Gasteiger partial charge in [0.15, 0.2) is 5.69 Å². The summed E-state index contributed by atoms with van der Waals surface area (Å²) >= 11 is 0. The fourth-order valence-corrected chi connectivity index (χ4v) is 3.23. The van der Waals surface area contributed by atoms with Crippen LogP contribution in [-0.4, -0.2) is 40.9 Å². The Morgan fingerprint density at radius 2 is 1.56 bits per heavy atom. The molecule has 2 aromatic carbocycles. The predicted octanol–water partition coefficient (Wildman–Crippen LogP) is 4.30. The normalized spacial score (nSPS) is 10.4. The number of benzene rings is 2. The number of para-hydroxylation sites is 2. The summed E-state index contributed by atoms with van der Waals surface area (Å²) in [7, 11) is 2.48. The van der Waals surface area contributed by atoms with Gasteiger partial charge in [-0.3, -0.25) is 4.98 Å². The van der Waals surface area contributed by atoms with Gasteiger partial charge in [-0.2, -0.15) is 5.10 Å². The number of hydrogen-bond acceptors (Lipinski definition) is 7. The molecule has 4 aromatic rings. The van der Waals surface area contributed by atoms with E-state index in [9.17, 15) is 9.59 Å². The first kappa shape index (κ1) is 20.8. The molecule has 8 nitrogen and oxygen atoms in total. The minimum Gasteiger partial charge on any atom is -0.465 e. The van der Waals surface area contributed by atoms with Crippen molar-refractivity contribution in [1.82, 2.24) is 14.8 Å². The third kappa shape index (κ3) is 3.93. The van der Waals surface area contributed by atoms with Crippen molar-refractivity contribution in [3.05, 3.63) is 90.4 Å². The molecule has 4 rings (SSSR count). The highest BCUT2D eigenvalue weighted by Crippen LogP contribution is 2.36. The third-order valence-corrected chi connectivity index (χ3v) is 4.66. The van der Waals surface area contributed by atoms with Crippen LogP contribution in [0, 0.1) is 0 Å². The molecule has 0 bridgehead atoms. The van der Waals surface area contributed by atoms with E-state index in [1.807, 2.05) is 6.07 Å². The molecule has 0 N–H and O–H groups in total. The van der Waals surface area contributed by atoms with Crippen molar-refractivity contribution >= 4 is 11.9 Å². The van der Waals surface area contributed by atoms with Gasteiger partial charge in [-0.05, 0) is 36.4 Å². The van der Waals surface area contributed by atoms with Crippen LogP contribution >= 0.6 is 0 Å². The fourth-order valence-electron chi connectivity index (χ4n) is 3.23. The molecule has 8 heteroatoms. The molecule has 0 unspecified atom stereocenters. The van der Waals surface area contributed by atoms with Gasteiger partial charge in [0.25, 0.3) is 0 Å². The first-order chi connectivity index (χ1) is 15.6. The van der Waals surface area contributed by atoms with Crippen molar-refractivity contribution in [3.63, 3.8) is 0 Å². The zero-order valence-corrected chi connectivity index (χ0v) is 17.4. The number of carbonyl (C=O) groups excluding carboxylic acids is 2. The van der Waals surface area contributed by atoms with Gasteiger partial charge in [0.05, 0.1) is 26.1 Å². The second-order valence-electron chi connectivity index (χ2n) is 6.59. The average Bonchev–Trinajstić information content (AvgIpc) is 3.25. The molecule has 32 heavy (non-hydrogen) atoms. The van der Waals surface area contributed by atoms with Gasteiger partial charge in [0.1, 0.15) is 22.8 Å². The summed E-state index contributed by atoms with van der Waals surface area (Å²) in [6.07, 6.45) is 3.21. The number of methoxy groups -OCH3 is 2. The quantitative estimate of drug-likeness (QED) is 0.422. The highest BCUT2D eigenvalue weighted by atomic mass is 16.5. The molecule has 0 atom stereocenters. The number of ether oxygens (including phenoxy) is 3. The molecule has 2 heterocycles. The number of hydrogen-bond donors (Lipinski definition) is 0. The summed E-state index contributed by atoms with van der Waals surface area (Å²) in [4.78, 5) is 29.6. The van der Waals surface area contributed by atoms with Crippen molar-refractivity contribution in [2.75, 3.05) is 14.2 Å². The maximum Gasteiger partial charge on any atom is 0.357 e. The topological polar surface area (TPSA) is 92.5 Å². The first-order valence-corrected chi connectivity index (χ1v) is 9.66. The number of aromatic nitrogens is 3. The lowest BCUT2D eigenvalue weighted by Crippen LogP contribution is -2.15. The van der Waals surface area contributed by atoms with Gasteiger partial charge < -0.3 is 14.2 Å². The Labute approximate surface area is 184 Å². The molecule has 0 amide bonds. The molecule has 0 saturated heterocycles. The maximum atomic E-state index is 12.8. The van der Waals surface area contributed by atoms with E-state index in [1.165, 1.54) is 18.9 Å². The molecule has 0 saturated carbocycles.